The largest absolute Gasteiger partial charge is 0.318 e. The first-order valence-electron chi connectivity index (χ1n) is 5.57. The van der Waals surface area contributed by atoms with E-state index in [1.54, 1.807) is 0 Å². The molecule has 15 heavy (non-hydrogen) atoms. The molecule has 0 aromatic heterocycles. The minimum atomic E-state index is -2.34. The molecule has 0 aliphatic heterocycles. The summed E-state index contributed by atoms with van der Waals surface area (Å²) in [5.74, 6) is 0. The molecule has 0 spiro atoms. The summed E-state index contributed by atoms with van der Waals surface area (Å²) in [4.78, 5) is 0. The topological polar surface area (TPSA) is 17.1 Å². The molecule has 0 amide bonds. The lowest BCUT2D eigenvalue weighted by atomic mass is 10.2. The van der Waals surface area contributed by atoms with E-state index in [4.69, 9.17) is 0 Å². The van der Waals surface area contributed by atoms with Crippen molar-refractivity contribution in [3.63, 3.8) is 0 Å². The van der Waals surface area contributed by atoms with Gasteiger partial charge in [-0.1, -0.05) is 59.8 Å². The van der Waals surface area contributed by atoms with Crippen molar-refractivity contribution in [2.45, 2.75) is 58.3 Å². The molecule has 0 unspecified atom stereocenters. The van der Waals surface area contributed by atoms with E-state index < -0.39 is 7.14 Å². The summed E-state index contributed by atoms with van der Waals surface area (Å²) in [5.41, 5.74) is 0. The lowest BCUT2D eigenvalue weighted by Gasteiger charge is -2.42. The fraction of sp³-hybridized carbons (Fsp3) is 0.692. The molecule has 0 fully saturated rings. The monoisotopic (exact) mass is 226 g/mol. The third-order valence-corrected chi connectivity index (χ3v) is 7.96. The number of allylic oxidation sites excluding steroid dienone is 4. The standard InChI is InChI=1S/C13H23OP/c1-12(2,3)15(14,13(4,5)6)11-9-7-8-10-11/h7-9H,10H2,1-6H3. The van der Waals surface area contributed by atoms with Gasteiger partial charge in [0.15, 0.2) is 0 Å². The van der Waals surface area contributed by atoms with E-state index in [9.17, 15) is 4.57 Å². The van der Waals surface area contributed by atoms with Crippen molar-refractivity contribution in [3.8, 4) is 0 Å². The highest BCUT2D eigenvalue weighted by atomic mass is 31.2. The Morgan fingerprint density at radius 1 is 1.07 bits per heavy atom. The SMILES string of the molecule is CC(C)(C)P(=O)(C1=CC=CC1)C(C)(C)C. The summed E-state index contributed by atoms with van der Waals surface area (Å²) in [6.07, 6.45) is 7.04. The highest BCUT2D eigenvalue weighted by Gasteiger charge is 2.48. The Kier molecular flexibility index (Phi) is 3.09. The molecule has 1 aliphatic carbocycles. The summed E-state index contributed by atoms with van der Waals surface area (Å²) >= 11 is 0. The second-order valence-electron chi connectivity index (χ2n) is 6.24. The van der Waals surface area contributed by atoms with E-state index in [1.165, 1.54) is 0 Å². The van der Waals surface area contributed by atoms with Gasteiger partial charge in [-0.3, -0.25) is 0 Å². The Labute approximate surface area is 94.0 Å². The molecule has 86 valence electrons. The Bertz CT molecular complexity index is 330. The average molecular weight is 226 g/mol. The molecule has 0 heterocycles. The molecule has 1 nitrogen and oxygen atoms in total. The van der Waals surface area contributed by atoms with E-state index in [0.717, 1.165) is 11.7 Å². The van der Waals surface area contributed by atoms with E-state index >= 15 is 0 Å². The predicted molar refractivity (Wildman–Crippen MR) is 69.0 cm³/mol. The van der Waals surface area contributed by atoms with Crippen molar-refractivity contribution in [2.24, 2.45) is 0 Å². The van der Waals surface area contributed by atoms with Gasteiger partial charge in [-0.25, -0.2) is 0 Å². The summed E-state index contributed by atoms with van der Waals surface area (Å²) < 4.78 is 13.4. The first kappa shape index (κ1) is 12.8. The van der Waals surface area contributed by atoms with Crippen molar-refractivity contribution in [3.05, 3.63) is 23.5 Å². The lowest BCUT2D eigenvalue weighted by Crippen LogP contribution is -2.29. The van der Waals surface area contributed by atoms with Crippen molar-refractivity contribution >= 4 is 7.14 Å². The highest BCUT2D eigenvalue weighted by Crippen LogP contribution is 2.73. The molecule has 0 aromatic carbocycles. The van der Waals surface area contributed by atoms with Crippen LogP contribution in [0.3, 0.4) is 0 Å². The van der Waals surface area contributed by atoms with Gasteiger partial charge >= 0.3 is 0 Å². The van der Waals surface area contributed by atoms with Crippen LogP contribution in [-0.4, -0.2) is 10.3 Å². The van der Waals surface area contributed by atoms with Crippen LogP contribution in [0.15, 0.2) is 23.5 Å². The van der Waals surface area contributed by atoms with Gasteiger partial charge < -0.3 is 4.57 Å². The smallest absolute Gasteiger partial charge is 0.122 e. The van der Waals surface area contributed by atoms with Gasteiger partial charge in [0, 0.05) is 10.3 Å². The Hall–Kier alpha value is -0.290. The minimum Gasteiger partial charge on any atom is -0.318 e. The van der Waals surface area contributed by atoms with E-state index in [0.29, 0.717) is 0 Å². The van der Waals surface area contributed by atoms with Gasteiger partial charge in [-0.05, 0) is 11.7 Å². The van der Waals surface area contributed by atoms with Crippen LogP contribution in [0.2, 0.25) is 0 Å². The molecule has 1 rings (SSSR count). The quantitative estimate of drug-likeness (QED) is 0.587. The molecule has 1 aliphatic rings. The summed E-state index contributed by atoms with van der Waals surface area (Å²) in [6.45, 7) is 12.6. The molecule has 0 N–H and O–H groups in total. The first-order valence-corrected chi connectivity index (χ1v) is 7.28. The van der Waals surface area contributed by atoms with Gasteiger partial charge in [-0.2, -0.15) is 0 Å². The molecule has 0 atom stereocenters. The Morgan fingerprint density at radius 2 is 1.53 bits per heavy atom. The van der Waals surface area contributed by atoms with Crippen LogP contribution in [0.25, 0.3) is 0 Å². The molecule has 0 saturated carbocycles. The zero-order valence-corrected chi connectivity index (χ0v) is 11.7. The van der Waals surface area contributed by atoms with Gasteiger partial charge in [-0.15, -0.1) is 0 Å². The van der Waals surface area contributed by atoms with E-state index in [-0.39, 0.29) is 10.3 Å². The Balaban J connectivity index is 3.27. The molecule has 0 saturated heterocycles. The molecule has 2 heteroatoms. The Morgan fingerprint density at radius 3 is 1.80 bits per heavy atom. The maximum absolute atomic E-state index is 13.4. The number of hydrogen-bond acceptors (Lipinski definition) is 1. The number of rotatable bonds is 1. The van der Waals surface area contributed by atoms with Crippen molar-refractivity contribution in [1.29, 1.82) is 0 Å². The van der Waals surface area contributed by atoms with Crippen LogP contribution in [-0.2, 0) is 4.57 Å². The van der Waals surface area contributed by atoms with Crippen LogP contribution in [0.1, 0.15) is 48.0 Å². The number of hydrogen-bond donors (Lipinski definition) is 0. The molecular weight excluding hydrogens is 203 g/mol. The van der Waals surface area contributed by atoms with E-state index in [2.05, 4.69) is 53.7 Å². The van der Waals surface area contributed by atoms with Gasteiger partial charge in [0.1, 0.15) is 7.14 Å². The third-order valence-electron chi connectivity index (χ3n) is 3.05. The predicted octanol–water partition coefficient (Wildman–Crippen LogP) is 4.79. The van der Waals surface area contributed by atoms with Gasteiger partial charge in [0.2, 0.25) is 0 Å². The van der Waals surface area contributed by atoms with Crippen LogP contribution in [0.4, 0.5) is 0 Å². The zero-order chi connectivity index (χ0) is 11.9. The average Bonchev–Trinajstić information content (AvgIpc) is 2.49. The van der Waals surface area contributed by atoms with Crippen LogP contribution in [0, 0.1) is 0 Å². The molecule has 0 radical (unpaired) electrons. The first-order chi connectivity index (χ1) is 6.61. The second kappa shape index (κ2) is 3.63. The highest BCUT2D eigenvalue weighted by molar-refractivity contribution is 7.71. The van der Waals surface area contributed by atoms with Crippen molar-refractivity contribution < 1.29 is 4.57 Å². The normalized spacial score (nSPS) is 18.1. The fourth-order valence-electron chi connectivity index (χ4n) is 2.54. The maximum atomic E-state index is 13.4. The maximum Gasteiger partial charge on any atom is 0.122 e. The zero-order valence-electron chi connectivity index (χ0n) is 10.8. The van der Waals surface area contributed by atoms with E-state index in [1.807, 2.05) is 6.08 Å². The fourth-order valence-corrected chi connectivity index (χ4v) is 6.93. The van der Waals surface area contributed by atoms with Crippen molar-refractivity contribution in [2.75, 3.05) is 0 Å². The van der Waals surface area contributed by atoms with Crippen LogP contribution >= 0.6 is 7.14 Å². The summed E-state index contributed by atoms with van der Waals surface area (Å²) in [6, 6.07) is 0. The van der Waals surface area contributed by atoms with Crippen LogP contribution in [0.5, 0.6) is 0 Å². The van der Waals surface area contributed by atoms with Crippen LogP contribution < -0.4 is 0 Å². The minimum absolute atomic E-state index is 0.150. The summed E-state index contributed by atoms with van der Waals surface area (Å²) in [5, 5.41) is 0.842. The second-order valence-corrected chi connectivity index (χ2v) is 10.7. The van der Waals surface area contributed by atoms with Crippen molar-refractivity contribution in [1.82, 2.24) is 0 Å². The van der Waals surface area contributed by atoms with Gasteiger partial charge in [0.25, 0.3) is 0 Å². The van der Waals surface area contributed by atoms with Gasteiger partial charge in [0.05, 0.1) is 0 Å². The lowest BCUT2D eigenvalue weighted by molar-refractivity contribution is 0.523. The molecule has 0 bridgehead atoms. The molecule has 0 aromatic rings. The third kappa shape index (κ3) is 1.99. The summed E-state index contributed by atoms with van der Waals surface area (Å²) in [7, 11) is -2.34. The molecular formula is C13H23OP.